The van der Waals surface area contributed by atoms with Crippen molar-refractivity contribution in [1.29, 1.82) is 0 Å². The van der Waals surface area contributed by atoms with Crippen LogP contribution in [-0.2, 0) is 11.4 Å². The van der Waals surface area contributed by atoms with Gasteiger partial charge in [-0.2, -0.15) is 0 Å². The molecule has 0 aliphatic rings. The van der Waals surface area contributed by atoms with Crippen molar-refractivity contribution < 1.29 is 13.9 Å². The molecule has 28 heavy (non-hydrogen) atoms. The molecule has 0 aliphatic heterocycles. The van der Waals surface area contributed by atoms with Crippen molar-refractivity contribution in [3.05, 3.63) is 64.2 Å². The van der Waals surface area contributed by atoms with Gasteiger partial charge >= 0.3 is 0 Å². The van der Waals surface area contributed by atoms with E-state index in [1.807, 2.05) is 0 Å². The molecule has 2 aromatic carbocycles. The van der Waals surface area contributed by atoms with Gasteiger partial charge in [0.15, 0.2) is 17.4 Å². The van der Waals surface area contributed by atoms with E-state index >= 15 is 0 Å². The van der Waals surface area contributed by atoms with Crippen molar-refractivity contribution in [3.8, 4) is 5.75 Å². The number of thioether (sulfide) groups is 1. The quantitative estimate of drug-likeness (QED) is 0.428. The van der Waals surface area contributed by atoms with E-state index in [9.17, 15) is 9.18 Å². The van der Waals surface area contributed by atoms with Gasteiger partial charge < -0.3 is 15.9 Å². The smallest absolute Gasteiger partial charge is 0.234 e. The zero-order valence-corrected chi connectivity index (χ0v) is 16.6. The molecular formula is C17H14Cl2FN5O2S. The van der Waals surface area contributed by atoms with Gasteiger partial charge in [-0.05, 0) is 24.3 Å². The fraction of sp³-hybridized carbons (Fsp3) is 0.118. The van der Waals surface area contributed by atoms with Gasteiger partial charge in [0, 0.05) is 0 Å². The molecule has 0 saturated carbocycles. The Balaban J connectivity index is 1.56. The Morgan fingerprint density at radius 1 is 1.21 bits per heavy atom. The summed E-state index contributed by atoms with van der Waals surface area (Å²) in [5, 5.41) is 11.4. The van der Waals surface area contributed by atoms with Crippen LogP contribution in [0.3, 0.4) is 0 Å². The first-order valence-electron chi connectivity index (χ1n) is 7.89. The highest BCUT2D eigenvalue weighted by atomic mass is 35.5. The third kappa shape index (κ3) is 4.86. The van der Waals surface area contributed by atoms with Crippen molar-refractivity contribution in [3.63, 3.8) is 0 Å². The fourth-order valence-electron chi connectivity index (χ4n) is 2.12. The Bertz CT molecular complexity index is 1000. The minimum atomic E-state index is -0.489. The fourth-order valence-corrected chi connectivity index (χ4v) is 3.15. The Hall–Kier alpha value is -2.49. The van der Waals surface area contributed by atoms with E-state index < -0.39 is 5.82 Å². The molecule has 0 saturated heterocycles. The molecule has 7 nitrogen and oxygen atoms in total. The number of benzene rings is 2. The summed E-state index contributed by atoms with van der Waals surface area (Å²) in [6.07, 6.45) is 0. The second-order valence-corrected chi connectivity index (χ2v) is 7.15. The number of nitrogen functional groups attached to an aromatic ring is 1. The van der Waals surface area contributed by atoms with E-state index in [-0.39, 0.29) is 34.9 Å². The van der Waals surface area contributed by atoms with Crippen LogP contribution in [0.2, 0.25) is 10.0 Å². The molecule has 11 heteroatoms. The number of rotatable bonds is 7. The van der Waals surface area contributed by atoms with Crippen LogP contribution in [0.15, 0.2) is 47.6 Å². The van der Waals surface area contributed by atoms with Crippen LogP contribution in [0.25, 0.3) is 0 Å². The van der Waals surface area contributed by atoms with Crippen molar-refractivity contribution in [2.24, 2.45) is 0 Å². The normalized spacial score (nSPS) is 10.7. The van der Waals surface area contributed by atoms with E-state index in [0.29, 0.717) is 15.9 Å². The van der Waals surface area contributed by atoms with Crippen LogP contribution >= 0.6 is 35.0 Å². The predicted molar refractivity (Wildman–Crippen MR) is 107 cm³/mol. The standard InChI is InChI=1S/C17H14Cl2FN5O2S/c18-10-4-3-6-12(16(10)19)22-15(26)9-28-17-24-23-14(25(17)21)8-27-13-7-2-1-5-11(13)20/h1-7H,8-9,21H2,(H,22,26). The molecule has 0 unspecified atom stereocenters. The molecule has 0 atom stereocenters. The number of hydrogen-bond acceptors (Lipinski definition) is 6. The van der Waals surface area contributed by atoms with Crippen LogP contribution in [0.5, 0.6) is 5.75 Å². The molecule has 3 rings (SSSR count). The van der Waals surface area contributed by atoms with Crippen LogP contribution in [0, 0.1) is 5.82 Å². The zero-order chi connectivity index (χ0) is 20.1. The summed E-state index contributed by atoms with van der Waals surface area (Å²) < 4.78 is 20.1. The Labute approximate surface area is 173 Å². The third-order valence-corrected chi connectivity index (χ3v) is 5.25. The monoisotopic (exact) mass is 441 g/mol. The van der Waals surface area contributed by atoms with Gasteiger partial charge in [0.05, 0.1) is 21.5 Å². The highest BCUT2D eigenvalue weighted by molar-refractivity contribution is 7.99. The average Bonchev–Trinajstić information content (AvgIpc) is 3.03. The highest BCUT2D eigenvalue weighted by Crippen LogP contribution is 2.29. The third-order valence-electron chi connectivity index (χ3n) is 3.49. The Morgan fingerprint density at radius 3 is 2.79 bits per heavy atom. The van der Waals surface area contributed by atoms with Crippen molar-refractivity contribution in [1.82, 2.24) is 14.9 Å². The number of nitrogens with two attached hydrogens (primary N) is 1. The molecule has 3 aromatic rings. The number of nitrogens with zero attached hydrogens (tertiary/aromatic N) is 3. The lowest BCUT2D eigenvalue weighted by molar-refractivity contribution is -0.113. The number of hydrogen-bond donors (Lipinski definition) is 2. The molecule has 146 valence electrons. The van der Waals surface area contributed by atoms with Crippen molar-refractivity contribution >= 4 is 46.6 Å². The lowest BCUT2D eigenvalue weighted by Crippen LogP contribution is -2.18. The van der Waals surface area contributed by atoms with E-state index in [1.165, 1.54) is 16.8 Å². The van der Waals surface area contributed by atoms with Crippen LogP contribution < -0.4 is 15.9 Å². The van der Waals surface area contributed by atoms with E-state index in [2.05, 4.69) is 15.5 Å². The molecule has 1 amide bonds. The summed E-state index contributed by atoms with van der Waals surface area (Å²) in [6, 6.07) is 10.9. The van der Waals surface area contributed by atoms with Gasteiger partial charge in [-0.25, -0.2) is 9.07 Å². The van der Waals surface area contributed by atoms with Gasteiger partial charge in [-0.15, -0.1) is 10.2 Å². The number of carbonyl (C=O) groups excluding carboxylic acids is 1. The topological polar surface area (TPSA) is 95.1 Å². The number of aromatic nitrogens is 3. The first kappa shape index (κ1) is 20.2. The van der Waals surface area contributed by atoms with Gasteiger partial charge in [-0.3, -0.25) is 4.79 Å². The molecule has 1 heterocycles. The molecule has 0 bridgehead atoms. The number of anilines is 1. The molecule has 0 aliphatic carbocycles. The average molecular weight is 442 g/mol. The van der Waals surface area contributed by atoms with Gasteiger partial charge in [0.2, 0.25) is 11.1 Å². The van der Waals surface area contributed by atoms with Crippen LogP contribution in [0.1, 0.15) is 5.82 Å². The minimum absolute atomic E-state index is 0.0202. The predicted octanol–water partition coefficient (Wildman–Crippen LogP) is 3.75. The summed E-state index contributed by atoms with van der Waals surface area (Å²) >= 11 is 13.0. The Morgan fingerprint density at radius 2 is 2.00 bits per heavy atom. The van der Waals surface area contributed by atoms with Crippen LogP contribution in [-0.4, -0.2) is 26.5 Å². The van der Waals surface area contributed by atoms with E-state index in [4.69, 9.17) is 33.8 Å². The lowest BCUT2D eigenvalue weighted by atomic mass is 10.3. The first-order valence-corrected chi connectivity index (χ1v) is 9.63. The van der Waals surface area contributed by atoms with E-state index in [0.717, 1.165) is 11.8 Å². The molecule has 0 fully saturated rings. The maximum Gasteiger partial charge on any atom is 0.234 e. The van der Waals surface area contributed by atoms with Crippen molar-refractivity contribution in [2.75, 3.05) is 16.9 Å². The van der Waals surface area contributed by atoms with Gasteiger partial charge in [0.1, 0.15) is 6.61 Å². The summed E-state index contributed by atoms with van der Waals surface area (Å²) in [6.45, 7) is -0.0741. The molecule has 1 aromatic heterocycles. The molecule has 0 spiro atoms. The summed E-state index contributed by atoms with van der Waals surface area (Å²) in [5.41, 5.74) is 0.410. The zero-order valence-electron chi connectivity index (χ0n) is 14.2. The summed E-state index contributed by atoms with van der Waals surface area (Å²) in [4.78, 5) is 12.1. The number of carbonyl (C=O) groups is 1. The number of halogens is 3. The highest BCUT2D eigenvalue weighted by Gasteiger charge is 2.14. The Kier molecular flexibility index (Phi) is 6.61. The van der Waals surface area contributed by atoms with E-state index in [1.54, 1.807) is 30.3 Å². The first-order chi connectivity index (χ1) is 13.5. The largest absolute Gasteiger partial charge is 0.482 e. The second kappa shape index (κ2) is 9.13. The van der Waals surface area contributed by atoms with Gasteiger partial charge in [-0.1, -0.05) is 53.2 Å². The van der Waals surface area contributed by atoms with Gasteiger partial charge in [0.25, 0.3) is 0 Å². The maximum absolute atomic E-state index is 13.6. The number of nitrogens with one attached hydrogen (secondary N) is 1. The maximum atomic E-state index is 13.6. The summed E-state index contributed by atoms with van der Waals surface area (Å²) in [5.74, 6) is 5.49. The van der Waals surface area contributed by atoms with Crippen LogP contribution in [0.4, 0.5) is 10.1 Å². The number of amides is 1. The molecular weight excluding hydrogens is 428 g/mol. The lowest BCUT2D eigenvalue weighted by Gasteiger charge is -2.08. The number of para-hydroxylation sites is 1. The molecule has 0 radical (unpaired) electrons. The second-order valence-electron chi connectivity index (χ2n) is 5.43. The SMILES string of the molecule is Nn1c(COc2ccccc2F)nnc1SCC(=O)Nc1cccc(Cl)c1Cl. The minimum Gasteiger partial charge on any atom is -0.482 e. The molecule has 3 N–H and O–H groups in total. The summed E-state index contributed by atoms with van der Waals surface area (Å²) in [7, 11) is 0. The van der Waals surface area contributed by atoms with Crippen molar-refractivity contribution in [2.45, 2.75) is 11.8 Å². The number of ether oxygens (including phenoxy) is 1.